The lowest BCUT2D eigenvalue weighted by Crippen LogP contribution is -2.55. The van der Waals surface area contributed by atoms with Crippen LogP contribution in [0.5, 0.6) is 0 Å². The molecule has 1 aromatic heterocycles. The molecule has 0 unspecified atom stereocenters. The standard InChI is InChI=1S/C23H30O4/c1-22-8-5-16(24)11-15(22)3-4-17-18(22)6-9-23(2)19(17)12-20(25)27-21(23)14-7-10-26-13-14/h3,7,10,13,16-19,21,24H,4-6,8-9,11-12H2,1-2H3/t16-,17+,18-,19-,21+,22-,23-/m0/s1. The van der Waals surface area contributed by atoms with Gasteiger partial charge in [-0.3, -0.25) is 4.79 Å². The number of aliphatic hydroxyl groups excluding tert-OH is 1. The molecule has 2 heterocycles. The fourth-order valence-corrected chi connectivity index (χ4v) is 7.07. The second-order valence-electron chi connectivity index (χ2n) is 9.83. The zero-order valence-corrected chi connectivity index (χ0v) is 16.3. The number of aliphatic hydroxyl groups is 1. The van der Waals surface area contributed by atoms with Crippen LogP contribution < -0.4 is 0 Å². The Balaban J connectivity index is 1.52. The van der Waals surface area contributed by atoms with E-state index in [1.807, 2.05) is 6.07 Å². The van der Waals surface area contributed by atoms with Gasteiger partial charge in [-0.1, -0.05) is 25.5 Å². The summed E-state index contributed by atoms with van der Waals surface area (Å²) >= 11 is 0. The van der Waals surface area contributed by atoms with Crippen molar-refractivity contribution in [1.82, 2.24) is 0 Å². The molecule has 0 spiro atoms. The minimum atomic E-state index is -0.199. The number of allylic oxidation sites excluding steroid dienone is 1. The van der Waals surface area contributed by atoms with Crippen LogP contribution in [0, 0.1) is 28.6 Å². The normalized spacial score (nSPS) is 46.6. The fourth-order valence-electron chi connectivity index (χ4n) is 7.07. The zero-order valence-electron chi connectivity index (χ0n) is 16.3. The summed E-state index contributed by atoms with van der Waals surface area (Å²) in [6.45, 7) is 4.74. The van der Waals surface area contributed by atoms with Gasteiger partial charge < -0.3 is 14.3 Å². The molecule has 1 N–H and O–H groups in total. The molecule has 1 aromatic rings. The summed E-state index contributed by atoms with van der Waals surface area (Å²) in [7, 11) is 0. The van der Waals surface area contributed by atoms with E-state index in [0.717, 1.165) is 37.7 Å². The highest BCUT2D eigenvalue weighted by molar-refractivity contribution is 5.71. The number of carbonyl (C=O) groups excluding carboxylic acids is 1. The minimum absolute atomic E-state index is 0.0329. The molecular weight excluding hydrogens is 340 g/mol. The van der Waals surface area contributed by atoms with Crippen LogP contribution in [0.2, 0.25) is 0 Å². The van der Waals surface area contributed by atoms with E-state index in [0.29, 0.717) is 24.2 Å². The maximum absolute atomic E-state index is 12.5. The summed E-state index contributed by atoms with van der Waals surface area (Å²) in [6.07, 6.45) is 12.1. The van der Waals surface area contributed by atoms with Crippen LogP contribution in [0.4, 0.5) is 0 Å². The molecule has 1 saturated heterocycles. The van der Waals surface area contributed by atoms with Crippen molar-refractivity contribution in [2.24, 2.45) is 28.6 Å². The average Bonchev–Trinajstić information content (AvgIpc) is 3.16. The maximum Gasteiger partial charge on any atom is 0.306 e. The number of furan rings is 1. The number of rotatable bonds is 1. The summed E-state index contributed by atoms with van der Waals surface area (Å²) in [5.41, 5.74) is 2.62. The van der Waals surface area contributed by atoms with Gasteiger partial charge in [0, 0.05) is 17.4 Å². The first-order valence-corrected chi connectivity index (χ1v) is 10.5. The molecule has 27 heavy (non-hydrogen) atoms. The first kappa shape index (κ1) is 17.5. The number of hydrogen-bond acceptors (Lipinski definition) is 4. The van der Waals surface area contributed by atoms with Crippen molar-refractivity contribution in [2.45, 2.75) is 71.0 Å². The molecule has 3 aliphatic carbocycles. The maximum atomic E-state index is 12.5. The summed E-state index contributed by atoms with van der Waals surface area (Å²) in [5.74, 6) is 1.41. The molecule has 7 atom stereocenters. The van der Waals surface area contributed by atoms with Crippen molar-refractivity contribution < 1.29 is 19.1 Å². The highest BCUT2D eigenvalue weighted by atomic mass is 16.5. The van der Waals surface area contributed by atoms with Gasteiger partial charge in [0.25, 0.3) is 0 Å². The van der Waals surface area contributed by atoms with Gasteiger partial charge in [0.05, 0.1) is 18.6 Å². The molecule has 0 aromatic carbocycles. The van der Waals surface area contributed by atoms with Crippen molar-refractivity contribution in [1.29, 1.82) is 0 Å². The Morgan fingerprint density at radius 3 is 2.78 bits per heavy atom. The molecule has 0 radical (unpaired) electrons. The Bertz CT molecular complexity index is 765. The topological polar surface area (TPSA) is 59.7 Å². The van der Waals surface area contributed by atoms with Crippen LogP contribution in [-0.4, -0.2) is 17.2 Å². The highest BCUT2D eigenvalue weighted by Gasteiger charge is 2.59. The number of hydrogen-bond donors (Lipinski definition) is 1. The van der Waals surface area contributed by atoms with Gasteiger partial charge in [-0.2, -0.15) is 0 Å². The smallest absolute Gasteiger partial charge is 0.306 e. The number of esters is 1. The molecule has 4 aliphatic rings. The fraction of sp³-hybridized carbons (Fsp3) is 0.696. The van der Waals surface area contributed by atoms with E-state index in [2.05, 4.69) is 19.9 Å². The third-order valence-electron chi connectivity index (χ3n) is 8.60. The Kier molecular flexibility index (Phi) is 3.88. The van der Waals surface area contributed by atoms with Crippen molar-refractivity contribution in [2.75, 3.05) is 0 Å². The lowest BCUT2D eigenvalue weighted by Gasteiger charge is -2.60. The molecule has 146 valence electrons. The second-order valence-corrected chi connectivity index (χ2v) is 9.83. The molecule has 5 rings (SSSR count). The van der Waals surface area contributed by atoms with Crippen molar-refractivity contribution in [3.63, 3.8) is 0 Å². The third kappa shape index (κ3) is 2.48. The van der Waals surface area contributed by atoms with Gasteiger partial charge in [-0.05, 0) is 67.8 Å². The van der Waals surface area contributed by atoms with E-state index in [1.54, 1.807) is 12.5 Å². The highest BCUT2D eigenvalue weighted by Crippen LogP contribution is 2.65. The van der Waals surface area contributed by atoms with Crippen LogP contribution in [-0.2, 0) is 9.53 Å². The Labute approximate surface area is 161 Å². The predicted octanol–water partition coefficient (Wildman–Crippen LogP) is 4.80. The zero-order chi connectivity index (χ0) is 18.8. The van der Waals surface area contributed by atoms with Gasteiger partial charge in [0.2, 0.25) is 0 Å². The minimum Gasteiger partial charge on any atom is -0.472 e. The summed E-state index contributed by atoms with van der Waals surface area (Å²) < 4.78 is 11.2. The largest absolute Gasteiger partial charge is 0.472 e. The van der Waals surface area contributed by atoms with Gasteiger partial charge in [0.1, 0.15) is 6.10 Å². The van der Waals surface area contributed by atoms with Crippen molar-refractivity contribution >= 4 is 5.97 Å². The number of carbonyl (C=O) groups is 1. The van der Waals surface area contributed by atoms with E-state index >= 15 is 0 Å². The lowest BCUT2D eigenvalue weighted by molar-refractivity contribution is -0.193. The van der Waals surface area contributed by atoms with E-state index in [1.165, 1.54) is 12.0 Å². The molecule has 0 amide bonds. The van der Waals surface area contributed by atoms with Crippen molar-refractivity contribution in [3.05, 3.63) is 35.8 Å². The van der Waals surface area contributed by atoms with Crippen LogP contribution >= 0.6 is 0 Å². The molecule has 2 saturated carbocycles. The van der Waals surface area contributed by atoms with Crippen molar-refractivity contribution in [3.8, 4) is 0 Å². The Morgan fingerprint density at radius 2 is 2.00 bits per heavy atom. The average molecular weight is 370 g/mol. The third-order valence-corrected chi connectivity index (χ3v) is 8.60. The predicted molar refractivity (Wildman–Crippen MR) is 101 cm³/mol. The van der Waals surface area contributed by atoms with Gasteiger partial charge in [-0.25, -0.2) is 0 Å². The summed E-state index contributed by atoms with van der Waals surface area (Å²) in [5, 5.41) is 10.2. The Morgan fingerprint density at radius 1 is 1.15 bits per heavy atom. The SMILES string of the molecule is C[C@]12CC[C@H]3[C@@H](CC=C4C[C@@H](O)CC[C@@]43C)[C@@H]1CC(=O)O[C@@H]2c1ccoc1. The number of cyclic esters (lactones) is 1. The van der Waals surface area contributed by atoms with Crippen LogP contribution in [0.15, 0.2) is 34.7 Å². The number of ether oxygens (including phenoxy) is 1. The Hall–Kier alpha value is -1.55. The first-order chi connectivity index (χ1) is 12.9. The molecular formula is C23H30O4. The van der Waals surface area contributed by atoms with E-state index < -0.39 is 0 Å². The molecule has 3 fully saturated rings. The van der Waals surface area contributed by atoms with E-state index in [4.69, 9.17) is 9.15 Å². The first-order valence-electron chi connectivity index (χ1n) is 10.5. The van der Waals surface area contributed by atoms with Crippen LogP contribution in [0.25, 0.3) is 0 Å². The van der Waals surface area contributed by atoms with E-state index in [-0.39, 0.29) is 29.0 Å². The van der Waals surface area contributed by atoms with Crippen LogP contribution in [0.3, 0.4) is 0 Å². The lowest BCUT2D eigenvalue weighted by atomic mass is 9.45. The quantitative estimate of drug-likeness (QED) is 0.570. The summed E-state index contributed by atoms with van der Waals surface area (Å²) in [6, 6.07) is 1.94. The molecule has 0 bridgehead atoms. The molecule has 4 nitrogen and oxygen atoms in total. The second kappa shape index (κ2) is 5.97. The van der Waals surface area contributed by atoms with Crippen LogP contribution in [0.1, 0.15) is 70.5 Å². The van der Waals surface area contributed by atoms with Gasteiger partial charge in [0.15, 0.2) is 0 Å². The molecule has 4 heteroatoms. The summed E-state index contributed by atoms with van der Waals surface area (Å²) in [4.78, 5) is 12.5. The molecule has 1 aliphatic heterocycles. The van der Waals surface area contributed by atoms with Gasteiger partial charge >= 0.3 is 5.97 Å². The van der Waals surface area contributed by atoms with E-state index in [9.17, 15) is 9.90 Å². The van der Waals surface area contributed by atoms with Gasteiger partial charge in [-0.15, -0.1) is 0 Å². The number of fused-ring (bicyclic) bond motifs is 5. The monoisotopic (exact) mass is 370 g/mol.